The third-order valence-corrected chi connectivity index (χ3v) is 3.54. The summed E-state index contributed by atoms with van der Waals surface area (Å²) in [6, 6.07) is 15.5. The number of H-pyrrole nitrogens is 1. The van der Waals surface area contributed by atoms with E-state index in [1.54, 1.807) is 18.2 Å². The second kappa shape index (κ2) is 6.91. The van der Waals surface area contributed by atoms with Crippen LogP contribution in [-0.2, 0) is 0 Å². The van der Waals surface area contributed by atoms with E-state index in [2.05, 4.69) is 26.0 Å². The number of benzene rings is 2. The van der Waals surface area contributed by atoms with Crippen LogP contribution in [0.25, 0.3) is 0 Å². The number of halogens is 1. The molecule has 3 aromatic rings. The molecular formula is C17H16FN5O. The van der Waals surface area contributed by atoms with Crippen LogP contribution in [0.3, 0.4) is 0 Å². The van der Waals surface area contributed by atoms with Gasteiger partial charge in [-0.15, -0.1) is 10.2 Å². The minimum atomic E-state index is -0.440. The molecule has 0 unspecified atom stereocenters. The molecule has 122 valence electrons. The number of aromatic nitrogens is 3. The van der Waals surface area contributed by atoms with Gasteiger partial charge in [0.25, 0.3) is 5.91 Å². The molecule has 0 spiro atoms. The van der Waals surface area contributed by atoms with Crippen LogP contribution in [0.5, 0.6) is 0 Å². The van der Waals surface area contributed by atoms with Gasteiger partial charge >= 0.3 is 0 Å². The molecule has 1 atom stereocenters. The Kier molecular flexibility index (Phi) is 4.51. The molecule has 2 aromatic carbocycles. The monoisotopic (exact) mass is 325 g/mol. The largest absolute Gasteiger partial charge is 0.344 e. The van der Waals surface area contributed by atoms with Crippen LogP contribution in [-0.4, -0.2) is 21.3 Å². The van der Waals surface area contributed by atoms with Gasteiger partial charge in [-0.2, -0.15) is 5.21 Å². The Morgan fingerprint density at radius 2 is 1.79 bits per heavy atom. The fourth-order valence-electron chi connectivity index (χ4n) is 2.26. The quantitative estimate of drug-likeness (QED) is 0.673. The molecular weight excluding hydrogens is 309 g/mol. The van der Waals surface area contributed by atoms with Gasteiger partial charge in [-0.1, -0.05) is 42.5 Å². The van der Waals surface area contributed by atoms with Crippen molar-refractivity contribution in [3.05, 3.63) is 71.7 Å². The number of carbonyl (C=O) groups excluding carboxylic acids is 1. The Labute approximate surface area is 138 Å². The molecule has 0 fully saturated rings. The summed E-state index contributed by atoms with van der Waals surface area (Å²) in [5.41, 5.74) is 1.26. The van der Waals surface area contributed by atoms with E-state index in [0.717, 1.165) is 5.56 Å². The maximum Gasteiger partial charge on any atom is 0.276 e. The summed E-state index contributed by atoms with van der Waals surface area (Å²) in [5, 5.41) is 15.7. The number of nitrogens with one attached hydrogen (secondary N) is 3. The lowest BCUT2D eigenvalue weighted by atomic mass is 10.1. The second-order valence-corrected chi connectivity index (χ2v) is 5.23. The van der Waals surface area contributed by atoms with Gasteiger partial charge in [0.05, 0.1) is 11.7 Å². The van der Waals surface area contributed by atoms with E-state index in [4.69, 9.17) is 0 Å². The Morgan fingerprint density at radius 1 is 1.08 bits per heavy atom. The van der Waals surface area contributed by atoms with E-state index < -0.39 is 11.7 Å². The standard InChI is InChI=1S/C17H16FN5O/c1-11(12-7-3-2-4-8-12)19-17(24)15-16(22-23-21-15)20-14-10-6-5-9-13(14)18/h2-11H,1H3,(H,19,24)(H2,20,21,22,23)/t11-/m1/s1. The van der Waals surface area contributed by atoms with E-state index in [9.17, 15) is 9.18 Å². The van der Waals surface area contributed by atoms with E-state index in [1.165, 1.54) is 6.07 Å². The minimum Gasteiger partial charge on any atom is -0.344 e. The number of anilines is 2. The third kappa shape index (κ3) is 3.40. The summed E-state index contributed by atoms with van der Waals surface area (Å²) in [5.74, 6) is -0.679. The first kappa shape index (κ1) is 15.7. The van der Waals surface area contributed by atoms with Crippen LogP contribution in [0.1, 0.15) is 29.0 Å². The number of hydrogen-bond donors (Lipinski definition) is 3. The van der Waals surface area contributed by atoms with Crippen molar-refractivity contribution in [3.63, 3.8) is 0 Å². The van der Waals surface area contributed by atoms with Crippen molar-refractivity contribution < 1.29 is 9.18 Å². The third-order valence-electron chi connectivity index (χ3n) is 3.54. The predicted octanol–water partition coefficient (Wildman–Crippen LogP) is 3.18. The Hall–Kier alpha value is -3.22. The van der Waals surface area contributed by atoms with Crippen molar-refractivity contribution in [3.8, 4) is 0 Å². The van der Waals surface area contributed by atoms with Crippen molar-refractivity contribution in [2.45, 2.75) is 13.0 Å². The maximum absolute atomic E-state index is 13.7. The van der Waals surface area contributed by atoms with Crippen molar-refractivity contribution in [1.29, 1.82) is 0 Å². The highest BCUT2D eigenvalue weighted by Gasteiger charge is 2.19. The number of carbonyl (C=O) groups is 1. The Morgan fingerprint density at radius 3 is 2.54 bits per heavy atom. The van der Waals surface area contributed by atoms with Crippen LogP contribution in [0.2, 0.25) is 0 Å². The maximum atomic E-state index is 13.7. The molecule has 0 aliphatic carbocycles. The first-order valence-electron chi connectivity index (χ1n) is 7.43. The first-order valence-corrected chi connectivity index (χ1v) is 7.43. The highest BCUT2D eigenvalue weighted by atomic mass is 19.1. The Balaban J connectivity index is 1.75. The van der Waals surface area contributed by atoms with Gasteiger partial charge in [-0.25, -0.2) is 4.39 Å². The topological polar surface area (TPSA) is 82.7 Å². The van der Waals surface area contributed by atoms with Crippen LogP contribution in [0.4, 0.5) is 15.9 Å². The fourth-order valence-corrected chi connectivity index (χ4v) is 2.26. The SMILES string of the molecule is C[C@@H](NC(=O)c1n[nH]nc1Nc1ccccc1F)c1ccccc1. The molecule has 1 heterocycles. The molecule has 0 saturated carbocycles. The molecule has 0 bridgehead atoms. The van der Waals surface area contributed by atoms with Gasteiger partial charge in [-0.3, -0.25) is 4.79 Å². The summed E-state index contributed by atoms with van der Waals surface area (Å²) < 4.78 is 13.7. The molecule has 0 radical (unpaired) electrons. The molecule has 3 N–H and O–H groups in total. The van der Waals surface area contributed by atoms with Crippen molar-refractivity contribution in [2.24, 2.45) is 0 Å². The molecule has 0 aliphatic heterocycles. The number of rotatable bonds is 5. The van der Waals surface area contributed by atoms with Gasteiger partial charge in [0.1, 0.15) is 5.82 Å². The van der Waals surface area contributed by atoms with Crippen molar-refractivity contribution in [2.75, 3.05) is 5.32 Å². The zero-order valence-corrected chi connectivity index (χ0v) is 13.0. The van der Waals surface area contributed by atoms with E-state index in [1.807, 2.05) is 37.3 Å². The number of hydrogen-bond acceptors (Lipinski definition) is 4. The van der Waals surface area contributed by atoms with E-state index >= 15 is 0 Å². The molecule has 6 nitrogen and oxygen atoms in total. The van der Waals surface area contributed by atoms with Crippen LogP contribution < -0.4 is 10.6 Å². The summed E-state index contributed by atoms with van der Waals surface area (Å²) in [6.07, 6.45) is 0. The van der Waals surface area contributed by atoms with Crippen LogP contribution in [0, 0.1) is 5.82 Å². The Bertz CT molecular complexity index is 834. The molecule has 0 saturated heterocycles. The molecule has 3 rings (SSSR count). The lowest BCUT2D eigenvalue weighted by molar-refractivity contribution is 0.0935. The number of para-hydroxylation sites is 1. The van der Waals surface area contributed by atoms with Gasteiger partial charge < -0.3 is 10.6 Å². The molecule has 7 heteroatoms. The smallest absolute Gasteiger partial charge is 0.276 e. The lowest BCUT2D eigenvalue weighted by Crippen LogP contribution is -2.27. The number of amides is 1. The van der Waals surface area contributed by atoms with E-state index in [-0.39, 0.29) is 23.2 Å². The summed E-state index contributed by atoms with van der Waals surface area (Å²) in [4.78, 5) is 12.4. The van der Waals surface area contributed by atoms with Gasteiger partial charge in [0, 0.05) is 0 Å². The zero-order valence-electron chi connectivity index (χ0n) is 13.0. The highest BCUT2D eigenvalue weighted by Crippen LogP contribution is 2.20. The molecule has 1 aromatic heterocycles. The molecule has 0 aliphatic rings. The van der Waals surface area contributed by atoms with Crippen LogP contribution >= 0.6 is 0 Å². The fraction of sp³-hybridized carbons (Fsp3) is 0.118. The summed E-state index contributed by atoms with van der Waals surface area (Å²) in [7, 11) is 0. The average molecular weight is 325 g/mol. The normalized spacial score (nSPS) is 11.8. The number of aromatic amines is 1. The molecule has 24 heavy (non-hydrogen) atoms. The van der Waals surface area contributed by atoms with Crippen LogP contribution in [0.15, 0.2) is 54.6 Å². The lowest BCUT2D eigenvalue weighted by Gasteiger charge is -2.13. The molecule has 1 amide bonds. The second-order valence-electron chi connectivity index (χ2n) is 5.23. The van der Waals surface area contributed by atoms with E-state index in [0.29, 0.717) is 0 Å². The van der Waals surface area contributed by atoms with Gasteiger partial charge in [0.15, 0.2) is 11.5 Å². The van der Waals surface area contributed by atoms with Gasteiger partial charge in [-0.05, 0) is 24.6 Å². The van der Waals surface area contributed by atoms with Crippen molar-refractivity contribution in [1.82, 2.24) is 20.7 Å². The zero-order chi connectivity index (χ0) is 16.9. The average Bonchev–Trinajstić information content (AvgIpc) is 3.06. The highest BCUT2D eigenvalue weighted by molar-refractivity contribution is 5.97. The predicted molar refractivity (Wildman–Crippen MR) is 88.4 cm³/mol. The summed E-state index contributed by atoms with van der Waals surface area (Å²) >= 11 is 0. The first-order chi connectivity index (χ1) is 11.6. The van der Waals surface area contributed by atoms with Crippen molar-refractivity contribution >= 4 is 17.4 Å². The minimum absolute atomic E-state index is 0.0704. The number of nitrogens with zero attached hydrogens (tertiary/aromatic N) is 2. The van der Waals surface area contributed by atoms with Gasteiger partial charge in [0.2, 0.25) is 0 Å². The summed E-state index contributed by atoms with van der Waals surface area (Å²) in [6.45, 7) is 1.87.